The Morgan fingerprint density at radius 2 is 2.32 bits per heavy atom. The first-order valence-electron chi connectivity index (χ1n) is 6.23. The summed E-state index contributed by atoms with van der Waals surface area (Å²) in [6.45, 7) is 2.93. The lowest BCUT2D eigenvalue weighted by Crippen LogP contribution is -2.14. The Balaban J connectivity index is 2.24. The molecular formula is C13H18N4O2. The van der Waals surface area contributed by atoms with Crippen LogP contribution in [-0.4, -0.2) is 28.2 Å². The average molecular weight is 262 g/mol. The van der Waals surface area contributed by atoms with Crippen molar-refractivity contribution in [1.82, 2.24) is 9.97 Å². The number of nitrogens with one attached hydrogen (secondary N) is 2. The molecule has 6 heteroatoms. The number of hydrogen-bond donors (Lipinski definition) is 4. The van der Waals surface area contributed by atoms with Gasteiger partial charge in [-0.3, -0.25) is 4.79 Å². The van der Waals surface area contributed by atoms with Crippen molar-refractivity contribution >= 4 is 22.3 Å². The van der Waals surface area contributed by atoms with E-state index in [9.17, 15) is 4.79 Å². The van der Waals surface area contributed by atoms with E-state index in [-0.39, 0.29) is 12.2 Å². The first-order chi connectivity index (χ1) is 9.11. The number of H-pyrrole nitrogens is 1. The normalized spacial score (nSPS) is 12.5. The number of aromatic nitrogens is 2. The van der Waals surface area contributed by atoms with Gasteiger partial charge in [-0.15, -0.1) is 0 Å². The van der Waals surface area contributed by atoms with E-state index >= 15 is 0 Å². The van der Waals surface area contributed by atoms with Crippen molar-refractivity contribution in [2.45, 2.75) is 13.3 Å². The van der Waals surface area contributed by atoms with Crippen LogP contribution in [-0.2, 0) is 0 Å². The zero-order valence-electron chi connectivity index (χ0n) is 10.8. The molecule has 0 aliphatic carbocycles. The number of nitrogens with zero attached hydrogens (tertiary/aromatic N) is 1. The topological polar surface area (TPSA) is 104 Å². The molecule has 0 fully saturated rings. The lowest BCUT2D eigenvalue weighted by atomic mass is 10.1. The van der Waals surface area contributed by atoms with Gasteiger partial charge in [0.25, 0.3) is 5.56 Å². The highest BCUT2D eigenvalue weighted by atomic mass is 16.3. The Morgan fingerprint density at radius 3 is 3.05 bits per heavy atom. The highest BCUT2D eigenvalue weighted by molar-refractivity contribution is 5.88. The monoisotopic (exact) mass is 262 g/mol. The summed E-state index contributed by atoms with van der Waals surface area (Å²) in [5.41, 5.74) is 7.61. The molecule has 0 amide bonds. The minimum Gasteiger partial charge on any atom is -0.397 e. The molecule has 1 aromatic carbocycles. The number of benzene rings is 1. The van der Waals surface area contributed by atoms with Crippen LogP contribution in [0.3, 0.4) is 0 Å². The Morgan fingerprint density at radius 1 is 1.53 bits per heavy atom. The second-order valence-corrected chi connectivity index (χ2v) is 4.69. The summed E-state index contributed by atoms with van der Waals surface area (Å²) in [6, 6.07) is 3.39. The van der Waals surface area contributed by atoms with Gasteiger partial charge in [0.05, 0.1) is 28.6 Å². The fourth-order valence-corrected chi connectivity index (χ4v) is 1.89. The Labute approximate surface area is 110 Å². The number of nitrogens with two attached hydrogens (primary N) is 1. The van der Waals surface area contributed by atoms with Gasteiger partial charge in [0.15, 0.2) is 0 Å². The maximum Gasteiger partial charge on any atom is 0.258 e. The smallest absolute Gasteiger partial charge is 0.258 e. The molecule has 1 heterocycles. The van der Waals surface area contributed by atoms with Gasteiger partial charge >= 0.3 is 0 Å². The summed E-state index contributed by atoms with van der Waals surface area (Å²) in [5.74, 6) is 0.340. The third kappa shape index (κ3) is 3.03. The van der Waals surface area contributed by atoms with Crippen LogP contribution in [0.1, 0.15) is 13.3 Å². The van der Waals surface area contributed by atoms with E-state index in [0.29, 0.717) is 29.1 Å². The molecule has 2 aromatic rings. The molecule has 0 aliphatic heterocycles. The predicted molar refractivity (Wildman–Crippen MR) is 76.1 cm³/mol. The van der Waals surface area contributed by atoms with E-state index in [1.807, 2.05) is 6.92 Å². The van der Waals surface area contributed by atoms with Gasteiger partial charge in [-0.25, -0.2) is 4.98 Å². The molecule has 0 bridgehead atoms. The van der Waals surface area contributed by atoms with E-state index in [0.717, 1.165) is 12.1 Å². The van der Waals surface area contributed by atoms with Gasteiger partial charge in [0.2, 0.25) is 0 Å². The molecule has 0 radical (unpaired) electrons. The molecule has 0 spiro atoms. The number of nitrogen functional groups attached to an aromatic ring is 1. The minimum atomic E-state index is -0.197. The summed E-state index contributed by atoms with van der Waals surface area (Å²) >= 11 is 0. The van der Waals surface area contributed by atoms with Crippen molar-refractivity contribution in [3.05, 3.63) is 28.8 Å². The zero-order chi connectivity index (χ0) is 13.8. The van der Waals surface area contributed by atoms with Crippen LogP contribution in [0.15, 0.2) is 23.3 Å². The third-order valence-electron chi connectivity index (χ3n) is 3.07. The minimum absolute atomic E-state index is 0.174. The maximum absolute atomic E-state index is 11.6. The quantitative estimate of drug-likeness (QED) is 0.600. The van der Waals surface area contributed by atoms with Gasteiger partial charge < -0.3 is 21.1 Å². The fourth-order valence-electron chi connectivity index (χ4n) is 1.89. The number of aliphatic hydroxyl groups is 1. The Hall–Kier alpha value is -2.08. The van der Waals surface area contributed by atoms with Gasteiger partial charge in [-0.2, -0.15) is 0 Å². The molecule has 1 unspecified atom stereocenters. The Bertz CT molecular complexity index is 624. The molecule has 0 aliphatic rings. The van der Waals surface area contributed by atoms with Gasteiger partial charge in [-0.05, 0) is 24.5 Å². The first-order valence-corrected chi connectivity index (χ1v) is 6.23. The van der Waals surface area contributed by atoms with Crippen LogP contribution in [0.4, 0.5) is 11.4 Å². The van der Waals surface area contributed by atoms with E-state index in [1.54, 1.807) is 12.1 Å². The van der Waals surface area contributed by atoms with Crippen LogP contribution in [0, 0.1) is 5.92 Å². The molecule has 1 atom stereocenters. The molecule has 5 N–H and O–H groups in total. The summed E-state index contributed by atoms with van der Waals surface area (Å²) in [7, 11) is 0. The van der Waals surface area contributed by atoms with Crippen molar-refractivity contribution in [3.8, 4) is 0 Å². The molecule has 1 aromatic heterocycles. The number of aromatic amines is 1. The largest absolute Gasteiger partial charge is 0.397 e. The number of aliphatic hydroxyl groups excluding tert-OH is 1. The maximum atomic E-state index is 11.6. The lowest BCUT2D eigenvalue weighted by molar-refractivity contribution is 0.266. The third-order valence-corrected chi connectivity index (χ3v) is 3.07. The van der Waals surface area contributed by atoms with Gasteiger partial charge in [0.1, 0.15) is 0 Å². The number of rotatable bonds is 5. The molecular weight excluding hydrogens is 244 g/mol. The summed E-state index contributed by atoms with van der Waals surface area (Å²) in [4.78, 5) is 18.2. The van der Waals surface area contributed by atoms with Crippen LogP contribution in [0.5, 0.6) is 0 Å². The Kier molecular flexibility index (Phi) is 4.01. The second-order valence-electron chi connectivity index (χ2n) is 4.69. The van der Waals surface area contributed by atoms with Crippen molar-refractivity contribution < 1.29 is 5.11 Å². The number of fused-ring (bicyclic) bond motifs is 1. The number of hydrogen-bond acceptors (Lipinski definition) is 5. The van der Waals surface area contributed by atoms with Gasteiger partial charge in [0, 0.05) is 13.2 Å². The van der Waals surface area contributed by atoms with Crippen molar-refractivity contribution in [2.24, 2.45) is 5.92 Å². The molecule has 0 saturated heterocycles. The predicted octanol–water partition coefficient (Wildman–Crippen LogP) is 0.936. The van der Waals surface area contributed by atoms with Crippen molar-refractivity contribution in [3.63, 3.8) is 0 Å². The van der Waals surface area contributed by atoms with Crippen LogP contribution < -0.4 is 16.6 Å². The van der Waals surface area contributed by atoms with Crippen LogP contribution >= 0.6 is 0 Å². The summed E-state index contributed by atoms with van der Waals surface area (Å²) in [6.07, 6.45) is 2.11. The van der Waals surface area contributed by atoms with Gasteiger partial charge in [-0.1, -0.05) is 6.92 Å². The van der Waals surface area contributed by atoms with E-state index in [2.05, 4.69) is 15.3 Å². The second kappa shape index (κ2) is 5.71. The standard InChI is InChI=1S/C13H18N4O2/c1-8(2-3-18)6-15-12-5-11-9(4-10(12)14)13(19)17-7-16-11/h4-5,7-8,15,18H,2-3,6,14H2,1H3,(H,16,17,19). The average Bonchev–Trinajstić information content (AvgIpc) is 2.38. The lowest BCUT2D eigenvalue weighted by Gasteiger charge is -2.14. The SMILES string of the molecule is CC(CCO)CNc1cc2nc[nH]c(=O)c2cc1N. The molecule has 0 saturated carbocycles. The van der Waals surface area contributed by atoms with Crippen LogP contribution in [0.25, 0.3) is 10.9 Å². The summed E-state index contributed by atoms with van der Waals surface area (Å²) in [5, 5.41) is 12.6. The fraction of sp³-hybridized carbons (Fsp3) is 0.385. The highest BCUT2D eigenvalue weighted by Gasteiger charge is 2.07. The zero-order valence-corrected chi connectivity index (χ0v) is 10.8. The van der Waals surface area contributed by atoms with E-state index in [4.69, 9.17) is 10.8 Å². The molecule has 19 heavy (non-hydrogen) atoms. The van der Waals surface area contributed by atoms with Crippen molar-refractivity contribution in [2.75, 3.05) is 24.2 Å². The van der Waals surface area contributed by atoms with E-state index < -0.39 is 0 Å². The number of anilines is 2. The highest BCUT2D eigenvalue weighted by Crippen LogP contribution is 2.23. The molecule has 102 valence electrons. The first kappa shape index (κ1) is 13.4. The van der Waals surface area contributed by atoms with Crippen LogP contribution in [0.2, 0.25) is 0 Å². The molecule has 6 nitrogen and oxygen atoms in total. The molecule has 2 rings (SSSR count). The summed E-state index contributed by atoms with van der Waals surface area (Å²) < 4.78 is 0. The van der Waals surface area contributed by atoms with Crippen molar-refractivity contribution in [1.29, 1.82) is 0 Å². The van der Waals surface area contributed by atoms with E-state index in [1.165, 1.54) is 6.33 Å².